The summed E-state index contributed by atoms with van der Waals surface area (Å²) >= 11 is 0. The van der Waals surface area contributed by atoms with E-state index in [2.05, 4.69) is 0 Å². The predicted molar refractivity (Wildman–Crippen MR) is 16.6 cm³/mol. The average molecular weight is 75.0 g/mol. The van der Waals surface area contributed by atoms with Crippen molar-refractivity contribution < 1.29 is 4.39 Å². The number of hydrogen-bond acceptors (Lipinski definition) is 1. The third-order valence-corrected chi connectivity index (χ3v) is 0.124. The summed E-state index contributed by atoms with van der Waals surface area (Å²) in [6.45, 7) is -0.885. The molecular formula is C2H2FNO. The van der Waals surface area contributed by atoms with E-state index in [1.165, 1.54) is 6.07 Å². The number of rotatable bonds is 0. The molecule has 0 bridgehead atoms. The maximum Gasteiger partial charge on any atom is 0.332 e. The monoisotopic (exact) mass is 75.0 g/mol. The molecule has 0 aliphatic rings. The maximum atomic E-state index is 10.6. The highest BCUT2D eigenvalue weighted by molar-refractivity contribution is 4.85. The standard InChI is InChI=1S/C2H2FNO/c3-1-2-4-5/h1H2. The predicted octanol–water partition coefficient (Wildman–Crippen LogP) is 0.787. The van der Waals surface area contributed by atoms with Crippen molar-refractivity contribution in [2.75, 3.05) is 6.67 Å². The zero-order valence-corrected chi connectivity index (χ0v) is 2.44. The first-order valence-electron chi connectivity index (χ1n) is 1.03. The summed E-state index contributed by atoms with van der Waals surface area (Å²) in [5.41, 5.74) is 0. The fourth-order valence-corrected chi connectivity index (χ4v) is 0.0244. The van der Waals surface area contributed by atoms with E-state index in [9.17, 15) is 4.39 Å². The van der Waals surface area contributed by atoms with Crippen LogP contribution in [0.15, 0.2) is 0 Å². The minimum absolute atomic E-state index is 0.885. The van der Waals surface area contributed by atoms with Gasteiger partial charge in [-0.05, 0) is 0 Å². The summed E-state index contributed by atoms with van der Waals surface area (Å²) in [5.74, 6) is 0. The summed E-state index contributed by atoms with van der Waals surface area (Å²) < 4.78 is 10.6. The van der Waals surface area contributed by atoms with Crippen LogP contribution < -0.4 is 0 Å². The van der Waals surface area contributed by atoms with Crippen LogP contribution in [0.1, 0.15) is 0 Å². The Bertz CT molecular complexity index is 61.8. The number of hydrogen-bond donors (Lipinski definition) is 0. The molecule has 0 rings (SSSR count). The lowest BCUT2D eigenvalue weighted by Crippen LogP contribution is -1.52. The Hall–Kier alpha value is -0.780. The van der Waals surface area contributed by atoms with Gasteiger partial charge in [-0.3, -0.25) is 0 Å². The zero-order valence-electron chi connectivity index (χ0n) is 2.44. The summed E-state index contributed by atoms with van der Waals surface area (Å²) in [6.07, 6.45) is 0. The molecule has 0 amide bonds. The van der Waals surface area contributed by atoms with Gasteiger partial charge in [0.05, 0.1) is 0 Å². The number of alkyl halides is 1. The fourth-order valence-electron chi connectivity index (χ4n) is 0.0244. The molecule has 0 unspecified atom stereocenters. The molecule has 0 aromatic carbocycles. The molecule has 28 valence electrons. The molecular weight excluding hydrogens is 73.0 g/mol. The van der Waals surface area contributed by atoms with Gasteiger partial charge in [-0.1, -0.05) is 0 Å². The Labute approximate surface area is 28.6 Å². The van der Waals surface area contributed by atoms with Gasteiger partial charge in [-0.25, -0.2) is 4.39 Å². The van der Waals surface area contributed by atoms with Crippen molar-refractivity contribution in [1.29, 1.82) is 0 Å². The Morgan fingerprint density at radius 3 is 2.60 bits per heavy atom. The van der Waals surface area contributed by atoms with Crippen LogP contribution in [-0.2, 0) is 0 Å². The second-order valence-corrected chi connectivity index (χ2v) is 0.383. The molecule has 5 heavy (non-hydrogen) atoms. The molecule has 0 fully saturated rings. The van der Waals surface area contributed by atoms with Crippen LogP contribution in [0.4, 0.5) is 4.39 Å². The average Bonchev–Trinajstić information content (AvgIpc) is 1.41. The van der Waals surface area contributed by atoms with Crippen LogP contribution in [-0.4, -0.2) is 6.67 Å². The van der Waals surface area contributed by atoms with E-state index in [4.69, 9.17) is 5.21 Å². The van der Waals surface area contributed by atoms with Gasteiger partial charge in [-0.15, -0.1) is 0 Å². The van der Waals surface area contributed by atoms with Crippen molar-refractivity contribution in [2.24, 2.45) is 0 Å². The maximum absolute atomic E-state index is 10.6. The molecule has 0 N–H and O–H groups in total. The molecule has 0 spiro atoms. The van der Waals surface area contributed by atoms with E-state index in [-0.39, 0.29) is 0 Å². The zero-order chi connectivity index (χ0) is 4.12. The first kappa shape index (κ1) is 4.22. The van der Waals surface area contributed by atoms with Crippen molar-refractivity contribution in [3.05, 3.63) is 10.2 Å². The normalized spacial score (nSPS) is 5.00. The van der Waals surface area contributed by atoms with Gasteiger partial charge in [0.25, 0.3) is 0 Å². The Kier molecular flexibility index (Phi) is 2.72. The molecule has 0 radical (unpaired) electrons. The molecule has 0 aliphatic carbocycles. The fraction of sp³-hybridized carbons (Fsp3) is 0.500. The van der Waals surface area contributed by atoms with Gasteiger partial charge in [-0.2, -0.15) is 0 Å². The largest absolute Gasteiger partial charge is 0.498 e. The van der Waals surface area contributed by atoms with E-state index in [0.29, 0.717) is 0 Å². The first-order valence-corrected chi connectivity index (χ1v) is 1.03. The smallest absolute Gasteiger partial charge is 0.332 e. The van der Waals surface area contributed by atoms with Gasteiger partial charge >= 0.3 is 6.07 Å². The minimum atomic E-state index is -0.885. The third kappa shape index (κ3) is 3.22. The SMILES string of the molecule is [O-][N+]#CCF. The van der Waals surface area contributed by atoms with Crippen LogP contribution >= 0.6 is 0 Å². The summed E-state index contributed by atoms with van der Waals surface area (Å²) in [6, 6.07) is 1.51. The third-order valence-electron chi connectivity index (χ3n) is 0.124. The highest BCUT2D eigenvalue weighted by atomic mass is 19.1. The molecule has 0 aliphatic heterocycles. The summed E-state index contributed by atoms with van der Waals surface area (Å²) in [7, 11) is 0. The highest BCUT2D eigenvalue weighted by Crippen LogP contribution is 1.59. The molecule has 2 nitrogen and oxygen atoms in total. The highest BCUT2D eigenvalue weighted by Gasteiger charge is 1.68. The molecule has 0 atom stereocenters. The lowest BCUT2D eigenvalue weighted by atomic mass is 10.9. The topological polar surface area (TPSA) is 27.4 Å². The van der Waals surface area contributed by atoms with Crippen LogP contribution in [0.25, 0.3) is 5.01 Å². The minimum Gasteiger partial charge on any atom is -0.498 e. The van der Waals surface area contributed by atoms with Gasteiger partial charge in [0.2, 0.25) is 6.67 Å². The molecule has 0 saturated heterocycles. The van der Waals surface area contributed by atoms with E-state index in [0.717, 1.165) is 0 Å². The van der Waals surface area contributed by atoms with Crippen LogP contribution in [0.3, 0.4) is 0 Å². The van der Waals surface area contributed by atoms with E-state index in [1.54, 1.807) is 0 Å². The molecule has 0 aromatic rings. The Balaban J connectivity index is 2.81. The molecule has 0 saturated carbocycles. The second-order valence-electron chi connectivity index (χ2n) is 0.383. The van der Waals surface area contributed by atoms with Crippen molar-refractivity contribution in [3.8, 4) is 6.07 Å². The molecule has 3 heteroatoms. The van der Waals surface area contributed by atoms with Crippen molar-refractivity contribution in [2.45, 2.75) is 0 Å². The van der Waals surface area contributed by atoms with Crippen LogP contribution in [0.5, 0.6) is 0 Å². The van der Waals surface area contributed by atoms with Crippen molar-refractivity contribution in [3.63, 3.8) is 0 Å². The Morgan fingerprint density at radius 1 is 2.00 bits per heavy atom. The van der Waals surface area contributed by atoms with E-state index >= 15 is 0 Å². The molecule has 0 aromatic heterocycles. The lowest BCUT2D eigenvalue weighted by molar-refractivity contribution is 0.572. The van der Waals surface area contributed by atoms with Gasteiger partial charge in [0.15, 0.2) is 0 Å². The van der Waals surface area contributed by atoms with E-state index in [1.807, 2.05) is 5.01 Å². The number of halogens is 1. The van der Waals surface area contributed by atoms with Gasteiger partial charge in [0, 0.05) is 5.01 Å². The second kappa shape index (κ2) is 3.22. The lowest BCUT2D eigenvalue weighted by Gasteiger charge is -1.48. The van der Waals surface area contributed by atoms with Crippen molar-refractivity contribution in [1.82, 2.24) is 0 Å². The summed E-state index contributed by atoms with van der Waals surface area (Å²) in [4.78, 5) is 0. The van der Waals surface area contributed by atoms with Crippen LogP contribution in [0, 0.1) is 11.3 Å². The summed E-state index contributed by atoms with van der Waals surface area (Å²) in [5, 5.41) is 10.8. The quantitative estimate of drug-likeness (QED) is 0.391. The van der Waals surface area contributed by atoms with Crippen LogP contribution in [0.2, 0.25) is 0 Å². The number of nitrogens with zero attached hydrogens (tertiary/aromatic N) is 1. The van der Waals surface area contributed by atoms with Crippen molar-refractivity contribution >= 4 is 0 Å². The van der Waals surface area contributed by atoms with E-state index < -0.39 is 6.67 Å². The molecule has 0 heterocycles. The van der Waals surface area contributed by atoms with Gasteiger partial charge in [0.1, 0.15) is 0 Å². The van der Waals surface area contributed by atoms with Gasteiger partial charge < -0.3 is 5.21 Å². The first-order chi connectivity index (χ1) is 2.41. The Morgan fingerprint density at radius 2 is 2.60 bits per heavy atom.